The molecule has 0 atom stereocenters. The molecule has 0 spiro atoms. The molecule has 156 valence electrons. The van der Waals surface area contributed by atoms with E-state index < -0.39 is 0 Å². The van der Waals surface area contributed by atoms with Crippen molar-refractivity contribution in [1.82, 2.24) is 24.8 Å². The molecule has 1 N–H and O–H groups in total. The van der Waals surface area contributed by atoms with Crippen LogP contribution in [-0.4, -0.2) is 37.9 Å². The molecule has 1 aliphatic rings. The molecule has 1 aliphatic carbocycles. The van der Waals surface area contributed by atoms with Gasteiger partial charge in [-0.05, 0) is 49.2 Å². The molecule has 31 heavy (non-hydrogen) atoms. The zero-order valence-corrected chi connectivity index (χ0v) is 16.7. The molecule has 1 aromatic carbocycles. The normalized spacial score (nSPS) is 13.4. The van der Waals surface area contributed by atoms with Crippen molar-refractivity contribution in [2.45, 2.75) is 25.3 Å². The molecule has 8 nitrogen and oxygen atoms in total. The predicted octanol–water partition coefficient (Wildman–Crippen LogP) is 3.60. The van der Waals surface area contributed by atoms with Crippen LogP contribution in [0.15, 0.2) is 48.5 Å². The molecular formula is C22H19FN6O2. The minimum atomic E-state index is -0.389. The number of halogens is 1. The molecule has 0 amide bonds. The molecule has 0 unspecified atom stereocenters. The summed E-state index contributed by atoms with van der Waals surface area (Å²) in [6, 6.07) is 13.5. The maximum atomic E-state index is 14.2. The van der Waals surface area contributed by atoms with Gasteiger partial charge in [0.2, 0.25) is 0 Å². The number of pyridine rings is 1. The maximum absolute atomic E-state index is 14.2. The number of rotatable bonds is 6. The SMILES string of the molecule is COC(=O)c1ccc(CNc2ccc3nnc(-c4ccccc4F)n3n2)nc1C1CC1. The van der Waals surface area contributed by atoms with Crippen LogP contribution in [0.4, 0.5) is 10.2 Å². The standard InChI is InChI=1S/C22H19FN6O2/c1-31-22(30)16-9-8-14(25-20(16)13-6-7-13)12-24-18-10-11-19-26-27-21(29(19)28-18)15-4-2-3-5-17(15)23/h2-5,8-11,13H,6-7,12H2,1H3,(H,24,28). The molecule has 0 bridgehead atoms. The van der Waals surface area contributed by atoms with E-state index in [1.807, 2.05) is 0 Å². The Kier molecular flexibility index (Phi) is 4.78. The summed E-state index contributed by atoms with van der Waals surface area (Å²) in [4.78, 5) is 16.7. The summed E-state index contributed by atoms with van der Waals surface area (Å²) in [5.74, 6) is 0.447. The average molecular weight is 418 g/mol. The van der Waals surface area contributed by atoms with Gasteiger partial charge in [0.05, 0.1) is 36.2 Å². The number of carbonyl (C=O) groups is 1. The number of ether oxygens (including phenoxy) is 1. The van der Waals surface area contributed by atoms with E-state index in [1.165, 1.54) is 17.7 Å². The molecule has 1 fully saturated rings. The van der Waals surface area contributed by atoms with Crippen LogP contribution in [0.2, 0.25) is 0 Å². The van der Waals surface area contributed by atoms with Crippen molar-refractivity contribution in [1.29, 1.82) is 0 Å². The number of esters is 1. The highest BCUT2D eigenvalue weighted by Gasteiger charge is 2.30. The fourth-order valence-electron chi connectivity index (χ4n) is 3.44. The number of fused-ring (bicyclic) bond motifs is 1. The van der Waals surface area contributed by atoms with Gasteiger partial charge in [-0.2, -0.15) is 4.52 Å². The fraction of sp³-hybridized carbons (Fsp3) is 0.227. The highest BCUT2D eigenvalue weighted by molar-refractivity contribution is 5.90. The van der Waals surface area contributed by atoms with Crippen LogP contribution in [-0.2, 0) is 11.3 Å². The summed E-state index contributed by atoms with van der Waals surface area (Å²) in [6.45, 7) is 0.414. The van der Waals surface area contributed by atoms with Crippen molar-refractivity contribution in [3.05, 3.63) is 71.3 Å². The predicted molar refractivity (Wildman–Crippen MR) is 111 cm³/mol. The summed E-state index contributed by atoms with van der Waals surface area (Å²) in [6.07, 6.45) is 2.05. The Bertz CT molecular complexity index is 1280. The second-order valence-corrected chi connectivity index (χ2v) is 7.35. The van der Waals surface area contributed by atoms with Crippen LogP contribution in [0.1, 0.15) is 40.5 Å². The maximum Gasteiger partial charge on any atom is 0.339 e. The van der Waals surface area contributed by atoms with Crippen molar-refractivity contribution < 1.29 is 13.9 Å². The Balaban J connectivity index is 1.40. The number of benzene rings is 1. The first-order valence-corrected chi connectivity index (χ1v) is 9.93. The van der Waals surface area contributed by atoms with Crippen molar-refractivity contribution >= 4 is 17.4 Å². The number of nitrogens with zero attached hydrogens (tertiary/aromatic N) is 5. The van der Waals surface area contributed by atoms with Crippen molar-refractivity contribution in [3.8, 4) is 11.4 Å². The Labute approximate surface area is 177 Å². The van der Waals surface area contributed by atoms with Gasteiger partial charge >= 0.3 is 5.97 Å². The minimum absolute atomic E-state index is 0.309. The Hall–Kier alpha value is -3.88. The molecule has 3 heterocycles. The lowest BCUT2D eigenvalue weighted by Crippen LogP contribution is -2.11. The highest BCUT2D eigenvalue weighted by atomic mass is 19.1. The van der Waals surface area contributed by atoms with Crippen LogP contribution in [0.3, 0.4) is 0 Å². The number of aromatic nitrogens is 5. The third kappa shape index (κ3) is 3.70. The second-order valence-electron chi connectivity index (χ2n) is 7.35. The smallest absolute Gasteiger partial charge is 0.339 e. The zero-order chi connectivity index (χ0) is 21.4. The van der Waals surface area contributed by atoms with Gasteiger partial charge in [-0.15, -0.1) is 15.3 Å². The third-order valence-electron chi connectivity index (χ3n) is 5.18. The lowest BCUT2D eigenvalue weighted by Gasteiger charge is -2.10. The van der Waals surface area contributed by atoms with E-state index >= 15 is 0 Å². The molecule has 4 aromatic rings. The first-order valence-electron chi connectivity index (χ1n) is 9.93. The number of hydrogen-bond acceptors (Lipinski definition) is 7. The van der Waals surface area contributed by atoms with Crippen LogP contribution in [0, 0.1) is 5.82 Å². The van der Waals surface area contributed by atoms with E-state index in [0.717, 1.165) is 24.2 Å². The van der Waals surface area contributed by atoms with Crippen LogP contribution >= 0.6 is 0 Å². The summed E-state index contributed by atoms with van der Waals surface area (Å²) < 4.78 is 20.6. The van der Waals surface area contributed by atoms with E-state index in [1.54, 1.807) is 42.5 Å². The zero-order valence-electron chi connectivity index (χ0n) is 16.7. The van der Waals surface area contributed by atoms with E-state index in [2.05, 4.69) is 25.6 Å². The first kappa shape index (κ1) is 19.1. The van der Waals surface area contributed by atoms with Gasteiger partial charge in [-0.1, -0.05) is 12.1 Å². The quantitative estimate of drug-likeness (QED) is 0.478. The molecule has 0 aliphatic heterocycles. The van der Waals surface area contributed by atoms with Gasteiger partial charge in [-0.25, -0.2) is 9.18 Å². The van der Waals surface area contributed by atoms with E-state index in [-0.39, 0.29) is 11.8 Å². The first-order chi connectivity index (χ1) is 15.1. The largest absolute Gasteiger partial charge is 0.465 e. The Morgan fingerprint density at radius 1 is 1.16 bits per heavy atom. The lowest BCUT2D eigenvalue weighted by atomic mass is 10.1. The van der Waals surface area contributed by atoms with E-state index in [4.69, 9.17) is 4.74 Å². The molecule has 0 saturated heterocycles. The topological polar surface area (TPSA) is 94.3 Å². The molecule has 3 aromatic heterocycles. The number of carbonyl (C=O) groups excluding carboxylic acids is 1. The van der Waals surface area contributed by atoms with Crippen molar-refractivity contribution in [2.24, 2.45) is 0 Å². The fourth-order valence-corrected chi connectivity index (χ4v) is 3.44. The monoisotopic (exact) mass is 418 g/mol. The van der Waals surface area contributed by atoms with Crippen molar-refractivity contribution in [2.75, 3.05) is 12.4 Å². The lowest BCUT2D eigenvalue weighted by molar-refractivity contribution is 0.0598. The average Bonchev–Trinajstić information content (AvgIpc) is 3.57. The molecule has 9 heteroatoms. The van der Waals surface area contributed by atoms with E-state index in [9.17, 15) is 9.18 Å². The van der Waals surface area contributed by atoms with E-state index in [0.29, 0.717) is 40.9 Å². The Morgan fingerprint density at radius 2 is 2.00 bits per heavy atom. The highest BCUT2D eigenvalue weighted by Crippen LogP contribution is 2.40. The molecule has 5 rings (SSSR count). The van der Waals surface area contributed by atoms with Crippen LogP contribution in [0.25, 0.3) is 17.0 Å². The van der Waals surface area contributed by atoms with Crippen LogP contribution in [0.5, 0.6) is 0 Å². The molecule has 1 saturated carbocycles. The van der Waals surface area contributed by atoms with Crippen molar-refractivity contribution in [3.63, 3.8) is 0 Å². The number of methoxy groups -OCH3 is 1. The van der Waals surface area contributed by atoms with Crippen LogP contribution < -0.4 is 5.32 Å². The van der Waals surface area contributed by atoms with Gasteiger partial charge in [0, 0.05) is 5.92 Å². The summed E-state index contributed by atoms with van der Waals surface area (Å²) in [7, 11) is 1.37. The molecule has 0 radical (unpaired) electrons. The second kappa shape index (κ2) is 7.75. The van der Waals surface area contributed by atoms with Gasteiger partial charge in [-0.3, -0.25) is 4.98 Å². The summed E-state index contributed by atoms with van der Waals surface area (Å²) in [5, 5.41) is 15.9. The van der Waals surface area contributed by atoms with Gasteiger partial charge in [0.15, 0.2) is 11.5 Å². The minimum Gasteiger partial charge on any atom is -0.465 e. The Morgan fingerprint density at radius 3 is 2.77 bits per heavy atom. The van der Waals surface area contributed by atoms with Gasteiger partial charge in [0.1, 0.15) is 11.6 Å². The molecular weight excluding hydrogens is 399 g/mol. The summed E-state index contributed by atoms with van der Waals surface area (Å²) in [5.41, 5.74) is 2.94. The van der Waals surface area contributed by atoms with Gasteiger partial charge in [0.25, 0.3) is 0 Å². The third-order valence-corrected chi connectivity index (χ3v) is 5.18. The number of hydrogen-bond donors (Lipinski definition) is 1. The van der Waals surface area contributed by atoms with Gasteiger partial charge < -0.3 is 10.1 Å². The number of anilines is 1. The number of nitrogens with one attached hydrogen (secondary N) is 1. The summed E-state index contributed by atoms with van der Waals surface area (Å²) >= 11 is 0.